The predicted octanol–water partition coefficient (Wildman–Crippen LogP) is 0.978. The van der Waals surface area contributed by atoms with Crippen LogP contribution in [0, 0.1) is 0 Å². The maximum absolute atomic E-state index is 9.80. The van der Waals surface area contributed by atoms with Crippen LogP contribution in [0.5, 0.6) is 0 Å². The number of hydrogen-bond donors (Lipinski definition) is 1. The summed E-state index contributed by atoms with van der Waals surface area (Å²) in [6, 6.07) is 0. The zero-order chi connectivity index (χ0) is 9.40. The molecule has 0 radical (unpaired) electrons. The van der Waals surface area contributed by atoms with Crippen molar-refractivity contribution in [1.29, 1.82) is 0 Å². The molecule has 0 aromatic heterocycles. The van der Waals surface area contributed by atoms with Gasteiger partial charge in [0.25, 0.3) is 0 Å². The summed E-state index contributed by atoms with van der Waals surface area (Å²) in [6.07, 6.45) is -1.03. The molecular weight excluding hydrogens is 168 g/mol. The van der Waals surface area contributed by atoms with Gasteiger partial charge in [-0.2, -0.15) is 0 Å². The van der Waals surface area contributed by atoms with Gasteiger partial charge < -0.3 is 19.3 Å². The van der Waals surface area contributed by atoms with Crippen LogP contribution >= 0.6 is 0 Å². The van der Waals surface area contributed by atoms with Crippen LogP contribution in [0.4, 0.5) is 9.59 Å². The van der Waals surface area contributed by atoms with Gasteiger partial charge in [-0.05, 0) is 0 Å². The summed E-state index contributed by atoms with van der Waals surface area (Å²) in [6.45, 7) is 3.83. The van der Waals surface area contributed by atoms with Gasteiger partial charge in [-0.3, -0.25) is 0 Å². The average molecular weight is 176 g/mol. The van der Waals surface area contributed by atoms with E-state index >= 15 is 0 Å². The van der Waals surface area contributed by atoms with Crippen LogP contribution in [0.2, 0.25) is 0 Å². The monoisotopic (exact) mass is 176 g/mol. The number of carbonyl (C=O) groups excluding carboxylic acids is 1. The molecular formula is C6H8O6. The zero-order valence-electron chi connectivity index (χ0n) is 6.19. The summed E-state index contributed by atoms with van der Waals surface area (Å²) >= 11 is 0. The van der Waals surface area contributed by atoms with Gasteiger partial charge in [0.1, 0.15) is 13.2 Å². The van der Waals surface area contributed by atoms with E-state index in [1.54, 1.807) is 0 Å². The molecule has 1 saturated heterocycles. The molecule has 0 atom stereocenters. The normalized spacial score (nSPS) is 13.2. The van der Waals surface area contributed by atoms with Crippen LogP contribution in [0.15, 0.2) is 12.8 Å². The van der Waals surface area contributed by atoms with Gasteiger partial charge >= 0.3 is 12.3 Å². The second kappa shape index (κ2) is 6.02. The predicted molar refractivity (Wildman–Crippen MR) is 36.6 cm³/mol. The Morgan fingerprint density at radius 3 is 2.17 bits per heavy atom. The highest BCUT2D eigenvalue weighted by molar-refractivity contribution is 5.61. The topological polar surface area (TPSA) is 82.1 Å². The fraction of sp³-hybridized carbons (Fsp3) is 0.333. The van der Waals surface area contributed by atoms with Gasteiger partial charge in [0, 0.05) is 0 Å². The van der Waals surface area contributed by atoms with E-state index in [0.717, 1.165) is 6.26 Å². The van der Waals surface area contributed by atoms with E-state index in [-0.39, 0.29) is 0 Å². The molecule has 6 heteroatoms. The van der Waals surface area contributed by atoms with Crippen molar-refractivity contribution >= 4 is 12.3 Å². The van der Waals surface area contributed by atoms with Gasteiger partial charge in [0.05, 0.1) is 6.26 Å². The zero-order valence-corrected chi connectivity index (χ0v) is 6.19. The Labute approximate surface area is 68.3 Å². The standard InChI is InChI=1S/2C3H4O3/c4-3-5-1-2-6-3;1-2-6-3(4)5/h1-2H2;2H,1H2,(H,4,5). The third-order valence-corrected chi connectivity index (χ3v) is 0.707. The van der Waals surface area contributed by atoms with Crippen LogP contribution < -0.4 is 0 Å². The summed E-state index contributed by atoms with van der Waals surface area (Å²) < 4.78 is 12.3. The fourth-order valence-electron chi connectivity index (χ4n) is 0.363. The quantitative estimate of drug-likeness (QED) is 0.473. The summed E-state index contributed by atoms with van der Waals surface area (Å²) in [5.74, 6) is 0. The first kappa shape index (κ1) is 10.3. The SMILES string of the molecule is C=COC(=O)O.O=C1OCCO1. The van der Waals surface area contributed by atoms with Crippen LogP contribution in [0.25, 0.3) is 0 Å². The molecule has 68 valence electrons. The van der Waals surface area contributed by atoms with Crippen molar-refractivity contribution in [2.24, 2.45) is 0 Å². The van der Waals surface area contributed by atoms with E-state index in [9.17, 15) is 9.59 Å². The lowest BCUT2D eigenvalue weighted by Crippen LogP contribution is -1.89. The van der Waals surface area contributed by atoms with E-state index in [4.69, 9.17) is 5.11 Å². The Morgan fingerprint density at radius 2 is 2.08 bits per heavy atom. The molecule has 0 aromatic carbocycles. The van der Waals surface area contributed by atoms with Crippen molar-refractivity contribution in [1.82, 2.24) is 0 Å². The molecule has 0 saturated carbocycles. The molecule has 1 N–H and O–H groups in total. The average Bonchev–Trinajstić information content (AvgIpc) is 2.40. The van der Waals surface area contributed by atoms with E-state index in [1.165, 1.54) is 0 Å². The van der Waals surface area contributed by atoms with E-state index in [1.807, 2.05) is 0 Å². The molecule has 1 aliphatic heterocycles. The van der Waals surface area contributed by atoms with Crippen molar-refractivity contribution in [3.05, 3.63) is 12.8 Å². The number of rotatable bonds is 1. The maximum Gasteiger partial charge on any atom is 0.510 e. The summed E-state index contributed by atoms with van der Waals surface area (Å²) in [7, 11) is 0. The fourth-order valence-corrected chi connectivity index (χ4v) is 0.363. The number of hydrogen-bond acceptors (Lipinski definition) is 5. The number of cyclic esters (lactones) is 2. The maximum atomic E-state index is 9.80. The Balaban J connectivity index is 0.000000202. The van der Waals surface area contributed by atoms with E-state index in [0.29, 0.717) is 13.2 Å². The molecule has 0 unspecified atom stereocenters. The molecule has 0 bridgehead atoms. The lowest BCUT2D eigenvalue weighted by Gasteiger charge is -1.81. The molecule has 1 aliphatic rings. The minimum Gasteiger partial charge on any atom is -0.449 e. The van der Waals surface area contributed by atoms with E-state index < -0.39 is 12.3 Å². The first-order valence-corrected chi connectivity index (χ1v) is 2.97. The van der Waals surface area contributed by atoms with Crippen LogP contribution in [-0.2, 0) is 14.2 Å². The van der Waals surface area contributed by atoms with Crippen molar-refractivity contribution in [3.8, 4) is 0 Å². The molecule has 6 nitrogen and oxygen atoms in total. The second-order valence-corrected chi connectivity index (χ2v) is 1.50. The Bertz CT molecular complexity index is 167. The molecule has 12 heavy (non-hydrogen) atoms. The molecule has 1 rings (SSSR count). The third kappa shape index (κ3) is 6.40. The first-order chi connectivity index (χ1) is 5.66. The second-order valence-electron chi connectivity index (χ2n) is 1.50. The molecule has 0 spiro atoms. The smallest absolute Gasteiger partial charge is 0.449 e. The summed E-state index contributed by atoms with van der Waals surface area (Å²) in [5, 5.41) is 7.62. The minimum absolute atomic E-state index is 0.416. The Hall–Kier alpha value is -1.72. The lowest BCUT2D eigenvalue weighted by atomic mass is 10.8. The third-order valence-electron chi connectivity index (χ3n) is 0.707. The highest BCUT2D eigenvalue weighted by Gasteiger charge is 2.09. The van der Waals surface area contributed by atoms with E-state index in [2.05, 4.69) is 20.8 Å². The Kier molecular flexibility index (Phi) is 5.16. The van der Waals surface area contributed by atoms with Crippen molar-refractivity contribution in [2.45, 2.75) is 0 Å². The summed E-state index contributed by atoms with van der Waals surface area (Å²) in [5.41, 5.74) is 0. The number of carbonyl (C=O) groups is 2. The molecule has 1 fully saturated rings. The van der Waals surface area contributed by atoms with Crippen molar-refractivity contribution < 1.29 is 28.9 Å². The Morgan fingerprint density at radius 1 is 1.58 bits per heavy atom. The molecule has 1 heterocycles. The first-order valence-electron chi connectivity index (χ1n) is 2.97. The summed E-state index contributed by atoms with van der Waals surface area (Å²) in [4.78, 5) is 19.1. The highest BCUT2D eigenvalue weighted by atomic mass is 16.8. The van der Waals surface area contributed by atoms with Gasteiger partial charge in [0.15, 0.2) is 0 Å². The largest absolute Gasteiger partial charge is 0.510 e. The van der Waals surface area contributed by atoms with Crippen molar-refractivity contribution in [3.63, 3.8) is 0 Å². The number of carboxylic acid groups (broad SMARTS) is 1. The van der Waals surface area contributed by atoms with Crippen molar-refractivity contribution in [2.75, 3.05) is 13.2 Å². The van der Waals surface area contributed by atoms with Crippen LogP contribution in [-0.4, -0.2) is 30.6 Å². The molecule has 0 aromatic rings. The lowest BCUT2D eigenvalue weighted by molar-refractivity contribution is 0.128. The molecule has 0 amide bonds. The van der Waals surface area contributed by atoms with Gasteiger partial charge in [-0.25, -0.2) is 9.59 Å². The minimum atomic E-state index is -1.33. The van der Waals surface area contributed by atoms with Crippen LogP contribution in [0.1, 0.15) is 0 Å². The van der Waals surface area contributed by atoms with Gasteiger partial charge in [-0.1, -0.05) is 6.58 Å². The number of ether oxygens (including phenoxy) is 3. The highest BCUT2D eigenvalue weighted by Crippen LogP contribution is 1.92. The van der Waals surface area contributed by atoms with Gasteiger partial charge in [-0.15, -0.1) is 0 Å². The molecule has 0 aliphatic carbocycles. The van der Waals surface area contributed by atoms with Crippen LogP contribution in [0.3, 0.4) is 0 Å². The van der Waals surface area contributed by atoms with Gasteiger partial charge in [0.2, 0.25) is 0 Å².